The van der Waals surface area contributed by atoms with Gasteiger partial charge < -0.3 is 4.90 Å². The molecule has 1 amide bonds. The summed E-state index contributed by atoms with van der Waals surface area (Å²) in [4.78, 5) is 13.2. The van der Waals surface area contributed by atoms with Gasteiger partial charge in [-0.2, -0.15) is 0 Å². The monoisotopic (exact) mass is 153 g/mol. The number of likely N-dealkylation sites (N-methyl/N-ethyl adjacent to an activating group) is 1. The molecule has 0 saturated heterocycles. The highest BCUT2D eigenvalue weighted by Gasteiger charge is 2.29. The number of allylic oxidation sites excluding steroid dienone is 1. The van der Waals surface area contributed by atoms with Crippen LogP contribution in [0.4, 0.5) is 0 Å². The standard InChI is InChI=1S/C9H15NO/c1-3-5-9(11)10(4-2)8-6-7-8/h3,5,8H,4,6-7H2,1-2H3/b5-3+. The van der Waals surface area contributed by atoms with Gasteiger partial charge in [-0.25, -0.2) is 0 Å². The molecular formula is C9H15NO. The summed E-state index contributed by atoms with van der Waals surface area (Å²) in [6.07, 6.45) is 5.82. The largest absolute Gasteiger partial charge is 0.336 e. The first-order valence-corrected chi connectivity index (χ1v) is 4.23. The van der Waals surface area contributed by atoms with Crippen LogP contribution in [0.15, 0.2) is 12.2 Å². The third-order valence-electron chi connectivity index (χ3n) is 1.92. The number of hydrogen-bond donors (Lipinski definition) is 0. The average molecular weight is 153 g/mol. The fourth-order valence-corrected chi connectivity index (χ4v) is 1.22. The molecule has 0 unspecified atom stereocenters. The minimum atomic E-state index is 0.164. The maximum atomic E-state index is 11.3. The number of carbonyl (C=O) groups is 1. The van der Waals surface area contributed by atoms with Gasteiger partial charge in [-0.05, 0) is 32.8 Å². The van der Waals surface area contributed by atoms with Crippen molar-refractivity contribution in [3.8, 4) is 0 Å². The molecule has 2 heteroatoms. The number of carbonyl (C=O) groups excluding carboxylic acids is 1. The fraction of sp³-hybridized carbons (Fsp3) is 0.667. The van der Waals surface area contributed by atoms with Crippen LogP contribution in [0.2, 0.25) is 0 Å². The Morgan fingerprint density at radius 3 is 2.64 bits per heavy atom. The first-order chi connectivity index (χ1) is 5.29. The van der Waals surface area contributed by atoms with E-state index in [2.05, 4.69) is 0 Å². The van der Waals surface area contributed by atoms with Gasteiger partial charge in [-0.15, -0.1) is 0 Å². The smallest absolute Gasteiger partial charge is 0.246 e. The highest BCUT2D eigenvalue weighted by Crippen LogP contribution is 2.26. The quantitative estimate of drug-likeness (QED) is 0.564. The lowest BCUT2D eigenvalue weighted by atomic mass is 10.4. The Morgan fingerprint density at radius 2 is 2.27 bits per heavy atom. The van der Waals surface area contributed by atoms with Crippen molar-refractivity contribution < 1.29 is 4.79 Å². The summed E-state index contributed by atoms with van der Waals surface area (Å²) in [5, 5.41) is 0. The Morgan fingerprint density at radius 1 is 1.64 bits per heavy atom. The van der Waals surface area contributed by atoms with Gasteiger partial charge in [0.15, 0.2) is 0 Å². The van der Waals surface area contributed by atoms with Crippen molar-refractivity contribution in [3.05, 3.63) is 12.2 Å². The summed E-state index contributed by atoms with van der Waals surface area (Å²) in [7, 11) is 0. The van der Waals surface area contributed by atoms with Gasteiger partial charge in [0.2, 0.25) is 5.91 Å². The van der Waals surface area contributed by atoms with E-state index in [-0.39, 0.29) is 5.91 Å². The molecule has 1 fully saturated rings. The van der Waals surface area contributed by atoms with E-state index in [9.17, 15) is 4.79 Å². The summed E-state index contributed by atoms with van der Waals surface area (Å²) in [5.41, 5.74) is 0. The zero-order valence-corrected chi connectivity index (χ0v) is 7.21. The highest BCUT2D eigenvalue weighted by molar-refractivity contribution is 5.87. The molecule has 0 heterocycles. The van der Waals surface area contributed by atoms with E-state index >= 15 is 0 Å². The van der Waals surface area contributed by atoms with Crippen LogP contribution in [0, 0.1) is 0 Å². The predicted octanol–water partition coefficient (Wildman–Crippen LogP) is 1.57. The molecule has 2 nitrogen and oxygen atoms in total. The lowest BCUT2D eigenvalue weighted by Crippen LogP contribution is -2.31. The van der Waals surface area contributed by atoms with Crippen molar-refractivity contribution in [1.82, 2.24) is 4.90 Å². The van der Waals surface area contributed by atoms with Crippen molar-refractivity contribution >= 4 is 5.91 Å². The van der Waals surface area contributed by atoms with E-state index in [0.29, 0.717) is 6.04 Å². The Hall–Kier alpha value is -0.790. The Bertz CT molecular complexity index is 170. The van der Waals surface area contributed by atoms with Crippen LogP contribution in [0.5, 0.6) is 0 Å². The van der Waals surface area contributed by atoms with Gasteiger partial charge in [-0.3, -0.25) is 4.79 Å². The lowest BCUT2D eigenvalue weighted by molar-refractivity contribution is -0.126. The molecule has 0 spiro atoms. The number of nitrogens with zero attached hydrogens (tertiary/aromatic N) is 1. The first kappa shape index (κ1) is 8.31. The fourth-order valence-electron chi connectivity index (χ4n) is 1.22. The first-order valence-electron chi connectivity index (χ1n) is 4.23. The number of amides is 1. The molecule has 11 heavy (non-hydrogen) atoms. The number of rotatable bonds is 3. The van der Waals surface area contributed by atoms with Gasteiger partial charge in [0.05, 0.1) is 0 Å². The van der Waals surface area contributed by atoms with Crippen molar-refractivity contribution in [2.24, 2.45) is 0 Å². The van der Waals surface area contributed by atoms with Crippen LogP contribution in [-0.4, -0.2) is 23.4 Å². The molecule has 0 aliphatic heterocycles. The third kappa shape index (κ3) is 2.07. The highest BCUT2D eigenvalue weighted by atomic mass is 16.2. The Balaban J connectivity index is 2.46. The maximum Gasteiger partial charge on any atom is 0.246 e. The van der Waals surface area contributed by atoms with Crippen molar-refractivity contribution in [1.29, 1.82) is 0 Å². The molecule has 1 saturated carbocycles. The molecule has 1 aliphatic carbocycles. The summed E-state index contributed by atoms with van der Waals surface area (Å²) in [6.45, 7) is 4.74. The Kier molecular flexibility index (Phi) is 2.69. The van der Waals surface area contributed by atoms with E-state index in [1.807, 2.05) is 18.7 Å². The molecular weight excluding hydrogens is 138 g/mol. The van der Waals surface area contributed by atoms with Gasteiger partial charge in [-0.1, -0.05) is 6.08 Å². The maximum absolute atomic E-state index is 11.3. The Labute approximate surface area is 67.9 Å². The molecule has 1 aliphatic rings. The van der Waals surface area contributed by atoms with Crippen molar-refractivity contribution in [2.75, 3.05) is 6.54 Å². The normalized spacial score (nSPS) is 17.3. The summed E-state index contributed by atoms with van der Waals surface area (Å²) >= 11 is 0. The van der Waals surface area contributed by atoms with E-state index in [0.717, 1.165) is 6.54 Å². The molecule has 0 bridgehead atoms. The SMILES string of the molecule is C/C=C/C(=O)N(CC)C1CC1. The van der Waals surface area contributed by atoms with Crippen LogP contribution < -0.4 is 0 Å². The molecule has 1 rings (SSSR count). The summed E-state index contributed by atoms with van der Waals surface area (Å²) < 4.78 is 0. The van der Waals surface area contributed by atoms with E-state index in [1.54, 1.807) is 12.2 Å². The second kappa shape index (κ2) is 3.56. The van der Waals surface area contributed by atoms with Gasteiger partial charge in [0.1, 0.15) is 0 Å². The van der Waals surface area contributed by atoms with E-state index < -0.39 is 0 Å². The second-order valence-electron chi connectivity index (χ2n) is 2.86. The van der Waals surface area contributed by atoms with Crippen LogP contribution in [-0.2, 0) is 4.79 Å². The van der Waals surface area contributed by atoms with Crippen LogP contribution in [0.3, 0.4) is 0 Å². The molecule has 0 aromatic carbocycles. The zero-order valence-electron chi connectivity index (χ0n) is 7.21. The molecule has 0 atom stereocenters. The summed E-state index contributed by atoms with van der Waals surface area (Å²) in [5.74, 6) is 0.164. The minimum Gasteiger partial charge on any atom is -0.336 e. The van der Waals surface area contributed by atoms with Gasteiger partial charge in [0, 0.05) is 12.6 Å². The van der Waals surface area contributed by atoms with Crippen molar-refractivity contribution in [3.63, 3.8) is 0 Å². The number of hydrogen-bond acceptors (Lipinski definition) is 1. The predicted molar refractivity (Wildman–Crippen MR) is 45.2 cm³/mol. The van der Waals surface area contributed by atoms with Gasteiger partial charge >= 0.3 is 0 Å². The minimum absolute atomic E-state index is 0.164. The van der Waals surface area contributed by atoms with Gasteiger partial charge in [0.25, 0.3) is 0 Å². The topological polar surface area (TPSA) is 20.3 Å². The average Bonchev–Trinajstić information content (AvgIpc) is 2.73. The zero-order chi connectivity index (χ0) is 8.27. The van der Waals surface area contributed by atoms with E-state index in [1.165, 1.54) is 12.8 Å². The van der Waals surface area contributed by atoms with Crippen LogP contribution in [0.25, 0.3) is 0 Å². The van der Waals surface area contributed by atoms with Crippen LogP contribution >= 0.6 is 0 Å². The van der Waals surface area contributed by atoms with Crippen molar-refractivity contribution in [2.45, 2.75) is 32.7 Å². The lowest BCUT2D eigenvalue weighted by Gasteiger charge is -2.17. The molecule has 62 valence electrons. The third-order valence-corrected chi connectivity index (χ3v) is 1.92. The second-order valence-corrected chi connectivity index (χ2v) is 2.86. The molecule has 0 aromatic rings. The summed E-state index contributed by atoms with van der Waals surface area (Å²) in [6, 6.07) is 0.545. The molecule has 0 aromatic heterocycles. The van der Waals surface area contributed by atoms with Crippen LogP contribution in [0.1, 0.15) is 26.7 Å². The molecule has 0 radical (unpaired) electrons. The molecule has 0 N–H and O–H groups in total. The van der Waals surface area contributed by atoms with E-state index in [4.69, 9.17) is 0 Å².